The van der Waals surface area contributed by atoms with Crippen LogP contribution in [0, 0.1) is 0 Å². The van der Waals surface area contributed by atoms with Crippen LogP contribution in [0.3, 0.4) is 0 Å². The Hall–Kier alpha value is 14.4. The van der Waals surface area contributed by atoms with Gasteiger partial charge in [-0.15, -0.1) is 0 Å². The van der Waals surface area contributed by atoms with Gasteiger partial charge in [0.25, 0.3) is 0 Å². The monoisotopic (exact) mass is 2540 g/mol. The summed E-state index contributed by atoms with van der Waals surface area (Å²) in [6.45, 7) is 0. The van der Waals surface area contributed by atoms with E-state index in [-0.39, 0.29) is 0 Å². The molecular formula is C14Br30. The molecule has 0 bridgehead atoms. The van der Waals surface area contributed by atoms with Crippen LogP contribution in [0.1, 0.15) is 0 Å². The van der Waals surface area contributed by atoms with Crippen LogP contribution in [0.25, 0.3) is 0 Å². The van der Waals surface area contributed by atoms with Crippen LogP contribution in [-0.2, 0) is 0 Å². The van der Waals surface area contributed by atoms with E-state index >= 15 is 0 Å². The van der Waals surface area contributed by atoms with Gasteiger partial charge in [-0.3, -0.25) is 0 Å². The molecule has 266 valence electrons. The van der Waals surface area contributed by atoms with Gasteiger partial charge >= 0.3 is 0 Å². The van der Waals surface area contributed by atoms with Crippen LogP contribution < -0.4 is 0 Å². The summed E-state index contributed by atoms with van der Waals surface area (Å²) in [6.07, 6.45) is 0. The zero-order valence-electron chi connectivity index (χ0n) is 18.3. The number of halogens is 30. The molecule has 0 spiro atoms. The lowest BCUT2D eigenvalue weighted by Gasteiger charge is -2.63. The van der Waals surface area contributed by atoms with E-state index in [2.05, 4.69) is 478 Å². The number of hydrogen-bond acceptors (Lipinski definition) is 0. The Morgan fingerprint density at radius 3 is 0.455 bits per heavy atom. The highest BCUT2D eigenvalue weighted by Crippen LogP contribution is 2.83. The lowest BCUT2D eigenvalue weighted by molar-refractivity contribution is 0.494. The average molecular weight is 2570 g/mol. The molecule has 1 unspecified atom stereocenters. The summed E-state index contributed by atoms with van der Waals surface area (Å²) in [6, 6.07) is 0. The molecular weight excluding hydrogens is 2570 g/mol. The average Bonchev–Trinajstić information content (AvgIpc) is 2.74. The third kappa shape index (κ3) is 10.0. The van der Waals surface area contributed by atoms with Gasteiger partial charge in [-0.1, -0.05) is 478 Å². The van der Waals surface area contributed by atoms with E-state index in [1.807, 2.05) is 0 Å². The summed E-state index contributed by atoms with van der Waals surface area (Å²) in [4.78, 5) is 0. The fourth-order valence-corrected chi connectivity index (χ4v) is 33.2. The molecule has 0 aliphatic carbocycles. The molecule has 0 fully saturated rings. The minimum atomic E-state index is -1.27. The molecule has 0 aliphatic rings. The van der Waals surface area contributed by atoms with E-state index in [4.69, 9.17) is 0 Å². The summed E-state index contributed by atoms with van der Waals surface area (Å²) in [7, 11) is 0. The molecule has 0 N–H and O–H groups in total. The lowest BCUT2D eigenvalue weighted by atomic mass is 9.97. The minimum Gasteiger partial charge on any atom is -0.0767 e. The first kappa shape index (κ1) is 58.4. The fourth-order valence-electron chi connectivity index (χ4n) is 2.52. The molecule has 1 atom stereocenters. The Bertz CT molecular complexity index is 1050. The predicted octanol–water partition coefficient (Wildman–Crippen LogP) is 22.5. The minimum absolute atomic E-state index is 0.877. The molecule has 0 heterocycles. The highest BCUT2D eigenvalue weighted by molar-refractivity contribution is 9.44. The van der Waals surface area contributed by atoms with Crippen LogP contribution in [-0.4, -0.2) is 43.1 Å². The Kier molecular flexibility index (Phi) is 25.0. The Morgan fingerprint density at radius 1 is 0.136 bits per heavy atom. The SMILES string of the molecule is BrC(Br)(Br)C(Br)(Br)C(Br)(Br)C(Br)(Br)C(Br)(Br)C(Br)(Br)C(Br)(Br)C(Br)(Br)C(Br)(Br)C(Br)(Br)C(Br)(C(Br)(Br)Br)C(Br)(Br)C(Br)(Br)Br. The quantitative estimate of drug-likeness (QED) is 0.191. The van der Waals surface area contributed by atoms with E-state index in [0.29, 0.717) is 0 Å². The summed E-state index contributed by atoms with van der Waals surface area (Å²) in [5.74, 6) is 0. The third-order valence-corrected chi connectivity index (χ3v) is 63.2. The Labute approximate surface area is 508 Å². The fraction of sp³-hybridized carbons (Fsp3) is 1.00. The van der Waals surface area contributed by atoms with Gasteiger partial charge in [-0.25, -0.2) is 0 Å². The molecule has 44 heavy (non-hydrogen) atoms. The van der Waals surface area contributed by atoms with Gasteiger partial charge in [0.2, 0.25) is 0 Å². The molecule has 0 amide bonds. The van der Waals surface area contributed by atoms with E-state index in [9.17, 15) is 0 Å². The summed E-state index contributed by atoms with van der Waals surface area (Å²) in [5.41, 5.74) is 0. The van der Waals surface area contributed by atoms with Crippen molar-refractivity contribution in [3.05, 3.63) is 0 Å². The molecule has 0 aliphatic heterocycles. The zero-order chi connectivity index (χ0) is 37.0. The van der Waals surface area contributed by atoms with E-state index < -0.39 is 43.1 Å². The number of rotatable bonds is 10. The lowest BCUT2D eigenvalue weighted by Crippen LogP contribution is -2.75. The second-order valence-corrected chi connectivity index (χ2v) is 63.8. The molecule has 30 heteroatoms. The second-order valence-electron chi connectivity index (χ2n) is 7.90. The molecule has 0 aromatic carbocycles. The highest BCUT2D eigenvalue weighted by atomic mass is 80.0. The van der Waals surface area contributed by atoms with E-state index in [1.54, 1.807) is 0 Å². The normalized spacial score (nSPS) is 18.4. The number of hydrogen-bond donors (Lipinski definition) is 0. The standard InChI is InChI=1S/C14Br30/c15-1(12(36,37)38,3(18,19)13(39,40)41)2(16,17)4(20,21)5(22,23)6(24,25)7(26,27)8(28,29)9(30,31)10(32,33)11(34,35)14(42,43)44. The van der Waals surface area contributed by atoms with Gasteiger partial charge in [0.1, 0.15) is 36.7 Å². The largest absolute Gasteiger partial charge is 0.162 e. The van der Waals surface area contributed by atoms with Crippen molar-refractivity contribution in [2.45, 2.75) is 43.1 Å². The molecule has 0 radical (unpaired) electrons. The van der Waals surface area contributed by atoms with E-state index in [1.165, 1.54) is 0 Å². The van der Waals surface area contributed by atoms with Crippen molar-refractivity contribution in [1.82, 2.24) is 0 Å². The van der Waals surface area contributed by atoms with Crippen LogP contribution in [0.15, 0.2) is 0 Å². The zero-order valence-corrected chi connectivity index (χ0v) is 65.9. The van der Waals surface area contributed by atoms with Crippen molar-refractivity contribution >= 4 is 478 Å². The maximum Gasteiger partial charge on any atom is 0.162 e. The van der Waals surface area contributed by atoms with Gasteiger partial charge < -0.3 is 0 Å². The molecule has 0 saturated carbocycles. The van der Waals surface area contributed by atoms with Gasteiger partial charge in [-0.05, 0) is 0 Å². The van der Waals surface area contributed by atoms with Gasteiger partial charge in [0.15, 0.2) is 6.43 Å². The molecule has 0 rings (SSSR count). The van der Waals surface area contributed by atoms with Crippen molar-refractivity contribution in [3.8, 4) is 0 Å². The number of alkyl halides is 30. The Balaban J connectivity index is 7.75. The Morgan fingerprint density at radius 2 is 0.295 bits per heavy atom. The van der Waals surface area contributed by atoms with Gasteiger partial charge in [-0.2, -0.15) is 0 Å². The van der Waals surface area contributed by atoms with Crippen LogP contribution in [0.4, 0.5) is 0 Å². The van der Waals surface area contributed by atoms with Crippen molar-refractivity contribution in [1.29, 1.82) is 0 Å². The maximum atomic E-state index is 4.02. The highest BCUT2D eigenvalue weighted by Gasteiger charge is 2.84. The first-order valence-electron chi connectivity index (χ1n) is 8.92. The van der Waals surface area contributed by atoms with Gasteiger partial charge in [0.05, 0.1) is 0 Å². The second kappa shape index (κ2) is 18.9. The third-order valence-electron chi connectivity index (χ3n) is 5.12. The molecule has 0 saturated heterocycles. The summed E-state index contributed by atoms with van der Waals surface area (Å²) in [5, 5.41) is 0. The molecule has 0 aromatic heterocycles. The van der Waals surface area contributed by atoms with Crippen LogP contribution in [0.5, 0.6) is 0 Å². The molecule has 0 nitrogen and oxygen atoms in total. The smallest absolute Gasteiger partial charge is 0.0767 e. The van der Waals surface area contributed by atoms with Crippen molar-refractivity contribution in [2.75, 3.05) is 0 Å². The van der Waals surface area contributed by atoms with Gasteiger partial charge in [0, 0.05) is 0 Å². The predicted molar refractivity (Wildman–Crippen MR) is 306 cm³/mol. The summed E-state index contributed by atoms with van der Waals surface area (Å²) < 4.78 is -15.9. The van der Waals surface area contributed by atoms with Crippen molar-refractivity contribution < 1.29 is 0 Å². The first-order chi connectivity index (χ1) is 18.2. The van der Waals surface area contributed by atoms with Crippen molar-refractivity contribution in [2.24, 2.45) is 0 Å². The summed E-state index contributed by atoms with van der Waals surface area (Å²) >= 11 is 116. The molecule has 0 aromatic rings. The maximum absolute atomic E-state index is 4.02. The first-order valence-corrected chi connectivity index (χ1v) is 32.7. The van der Waals surface area contributed by atoms with E-state index in [0.717, 1.165) is 0 Å². The van der Waals surface area contributed by atoms with Crippen LogP contribution in [0.2, 0.25) is 0 Å². The van der Waals surface area contributed by atoms with Crippen molar-refractivity contribution in [3.63, 3.8) is 0 Å². The van der Waals surface area contributed by atoms with Crippen LogP contribution >= 0.6 is 478 Å². The topological polar surface area (TPSA) is 0 Å².